The maximum absolute atomic E-state index is 4.59. The lowest BCUT2D eigenvalue weighted by atomic mass is 10.2. The molecule has 0 heterocycles. The number of hydrogen-bond acceptors (Lipinski definition) is 1. The van der Waals surface area contributed by atoms with Gasteiger partial charge in [-0.3, -0.25) is 0 Å². The number of hydrogen-bond donors (Lipinski definition) is 0. The molecule has 0 atom stereocenters. The first-order valence-corrected chi connectivity index (χ1v) is 2.89. The van der Waals surface area contributed by atoms with Gasteiger partial charge in [0, 0.05) is 5.37 Å². The van der Waals surface area contributed by atoms with Crippen LogP contribution in [0.1, 0.15) is 20.3 Å². The molecule has 0 N–H and O–H groups in total. The lowest BCUT2D eigenvalue weighted by Gasteiger charge is -1.85. The maximum Gasteiger partial charge on any atom is 0.00129 e. The molecule has 0 aromatic heterocycles. The third-order valence-corrected chi connectivity index (χ3v) is 1.05. The Morgan fingerprint density at radius 2 is 2.29 bits per heavy atom. The Labute approximate surface area is 50.2 Å². The van der Waals surface area contributed by atoms with E-state index in [9.17, 15) is 0 Å². The standard InChI is InChI=1S/C6H10S/c1-3-6(2)4-5-7/h4-5H,3H2,1-2H3/b6-4-. The Morgan fingerprint density at radius 1 is 1.71 bits per heavy atom. The zero-order valence-corrected chi connectivity index (χ0v) is 5.59. The largest absolute Gasteiger partial charge is 0.0887 e. The van der Waals surface area contributed by atoms with E-state index in [-0.39, 0.29) is 0 Å². The average molecular weight is 114 g/mol. The highest BCUT2D eigenvalue weighted by atomic mass is 32.1. The molecule has 0 aromatic carbocycles. The van der Waals surface area contributed by atoms with Crippen molar-refractivity contribution >= 4 is 17.6 Å². The summed E-state index contributed by atoms with van der Waals surface area (Å²) in [5.74, 6) is 0. The zero-order chi connectivity index (χ0) is 5.70. The third kappa shape index (κ3) is 3.67. The monoisotopic (exact) mass is 114 g/mol. The van der Waals surface area contributed by atoms with Gasteiger partial charge < -0.3 is 0 Å². The van der Waals surface area contributed by atoms with Gasteiger partial charge in [-0.15, -0.1) is 0 Å². The number of thiocarbonyl (C=S) groups is 1. The van der Waals surface area contributed by atoms with E-state index < -0.39 is 0 Å². The second kappa shape index (κ2) is 4.00. The van der Waals surface area contributed by atoms with E-state index in [4.69, 9.17) is 0 Å². The van der Waals surface area contributed by atoms with Crippen LogP contribution in [0.25, 0.3) is 0 Å². The second-order valence-corrected chi connectivity index (χ2v) is 1.77. The molecular weight excluding hydrogens is 104 g/mol. The number of rotatable bonds is 2. The molecule has 0 saturated carbocycles. The summed E-state index contributed by atoms with van der Waals surface area (Å²) in [6, 6.07) is 0. The molecule has 0 radical (unpaired) electrons. The van der Waals surface area contributed by atoms with Crippen LogP contribution >= 0.6 is 12.2 Å². The zero-order valence-electron chi connectivity index (χ0n) is 4.77. The van der Waals surface area contributed by atoms with Crippen LogP contribution in [0.4, 0.5) is 0 Å². The minimum Gasteiger partial charge on any atom is -0.0887 e. The smallest absolute Gasteiger partial charge is 0.00129 e. The van der Waals surface area contributed by atoms with Crippen LogP contribution in [0.5, 0.6) is 0 Å². The van der Waals surface area contributed by atoms with Crippen LogP contribution in [0, 0.1) is 0 Å². The van der Waals surface area contributed by atoms with Crippen molar-refractivity contribution in [3.8, 4) is 0 Å². The van der Waals surface area contributed by atoms with Crippen molar-refractivity contribution in [1.82, 2.24) is 0 Å². The molecule has 0 aromatic rings. The molecule has 0 nitrogen and oxygen atoms in total. The van der Waals surface area contributed by atoms with Gasteiger partial charge in [-0.25, -0.2) is 0 Å². The maximum atomic E-state index is 4.59. The Bertz CT molecular complexity index is 82.2. The molecule has 0 fully saturated rings. The highest BCUT2D eigenvalue weighted by molar-refractivity contribution is 7.79. The van der Waals surface area contributed by atoms with Gasteiger partial charge in [-0.1, -0.05) is 30.8 Å². The molecule has 0 aliphatic heterocycles. The molecule has 1 heteroatoms. The lowest BCUT2D eigenvalue weighted by Crippen LogP contribution is -1.68. The van der Waals surface area contributed by atoms with Gasteiger partial charge in [0.1, 0.15) is 0 Å². The third-order valence-electron chi connectivity index (χ3n) is 0.910. The van der Waals surface area contributed by atoms with E-state index in [0.717, 1.165) is 6.42 Å². The second-order valence-electron chi connectivity index (χ2n) is 1.50. The van der Waals surface area contributed by atoms with Gasteiger partial charge in [0.05, 0.1) is 0 Å². The van der Waals surface area contributed by atoms with Crippen molar-refractivity contribution in [3.63, 3.8) is 0 Å². The first kappa shape index (κ1) is 6.83. The Morgan fingerprint density at radius 3 is 2.43 bits per heavy atom. The minimum atomic E-state index is 1.10. The first-order valence-electron chi connectivity index (χ1n) is 2.42. The summed E-state index contributed by atoms with van der Waals surface area (Å²) in [4.78, 5) is 0. The molecule has 0 spiro atoms. The van der Waals surface area contributed by atoms with Crippen LogP contribution < -0.4 is 0 Å². The molecule has 40 valence electrons. The van der Waals surface area contributed by atoms with Gasteiger partial charge in [-0.05, 0) is 13.3 Å². The summed E-state index contributed by atoms with van der Waals surface area (Å²) in [6.07, 6.45) is 3.06. The van der Waals surface area contributed by atoms with Crippen molar-refractivity contribution in [2.24, 2.45) is 0 Å². The van der Waals surface area contributed by atoms with Crippen LogP contribution in [-0.2, 0) is 0 Å². The summed E-state index contributed by atoms with van der Waals surface area (Å²) in [6.45, 7) is 4.19. The van der Waals surface area contributed by atoms with Crippen molar-refractivity contribution < 1.29 is 0 Å². The molecule has 0 aliphatic carbocycles. The van der Waals surface area contributed by atoms with Gasteiger partial charge >= 0.3 is 0 Å². The summed E-state index contributed by atoms with van der Waals surface area (Å²) in [5.41, 5.74) is 1.34. The van der Waals surface area contributed by atoms with E-state index in [1.165, 1.54) is 5.57 Å². The van der Waals surface area contributed by atoms with Crippen molar-refractivity contribution in [2.75, 3.05) is 0 Å². The molecule has 0 unspecified atom stereocenters. The molecule has 0 amide bonds. The van der Waals surface area contributed by atoms with Gasteiger partial charge in [0.2, 0.25) is 0 Å². The van der Waals surface area contributed by atoms with E-state index in [2.05, 4.69) is 26.1 Å². The van der Waals surface area contributed by atoms with Crippen LogP contribution in [0.15, 0.2) is 11.6 Å². The average Bonchev–Trinajstić information content (AvgIpc) is 1.68. The van der Waals surface area contributed by atoms with Gasteiger partial charge in [0.15, 0.2) is 0 Å². The van der Waals surface area contributed by atoms with E-state index in [1.54, 1.807) is 5.37 Å². The molecule has 0 bridgehead atoms. The SMILES string of the molecule is CC/C(C)=C\C=S. The molecule has 0 rings (SSSR count). The van der Waals surface area contributed by atoms with Crippen molar-refractivity contribution in [1.29, 1.82) is 0 Å². The lowest BCUT2D eigenvalue weighted by molar-refractivity contribution is 1.10. The Kier molecular flexibility index (Phi) is 3.90. The van der Waals surface area contributed by atoms with Crippen molar-refractivity contribution in [3.05, 3.63) is 11.6 Å². The normalized spacial score (nSPS) is 11.4. The van der Waals surface area contributed by atoms with E-state index >= 15 is 0 Å². The van der Waals surface area contributed by atoms with Crippen LogP contribution in [-0.4, -0.2) is 5.37 Å². The highest BCUT2D eigenvalue weighted by Gasteiger charge is 1.75. The fraction of sp³-hybridized carbons (Fsp3) is 0.500. The minimum absolute atomic E-state index is 1.10. The number of allylic oxidation sites excluding steroid dienone is 2. The molecular formula is C6H10S. The fourth-order valence-corrected chi connectivity index (χ4v) is 0.466. The fourth-order valence-electron chi connectivity index (χ4n) is 0.234. The van der Waals surface area contributed by atoms with Crippen molar-refractivity contribution in [2.45, 2.75) is 20.3 Å². The summed E-state index contributed by atoms with van der Waals surface area (Å²) in [5, 5.41) is 1.65. The predicted molar refractivity (Wildman–Crippen MR) is 37.7 cm³/mol. The highest BCUT2D eigenvalue weighted by Crippen LogP contribution is 1.94. The predicted octanol–water partition coefficient (Wildman–Crippen LogP) is 2.34. The topological polar surface area (TPSA) is 0 Å². The van der Waals surface area contributed by atoms with E-state index in [0.29, 0.717) is 0 Å². The molecule has 0 saturated heterocycles. The van der Waals surface area contributed by atoms with Gasteiger partial charge in [0.25, 0.3) is 0 Å². The Hall–Kier alpha value is -0.170. The van der Waals surface area contributed by atoms with Crippen LogP contribution in [0.2, 0.25) is 0 Å². The van der Waals surface area contributed by atoms with E-state index in [1.807, 2.05) is 6.08 Å². The quantitative estimate of drug-likeness (QED) is 0.392. The summed E-state index contributed by atoms with van der Waals surface area (Å²) >= 11 is 4.59. The molecule has 0 aliphatic rings. The first-order chi connectivity index (χ1) is 3.31. The van der Waals surface area contributed by atoms with Gasteiger partial charge in [-0.2, -0.15) is 0 Å². The summed E-state index contributed by atoms with van der Waals surface area (Å²) in [7, 11) is 0. The Balaban J connectivity index is 3.49. The molecule has 7 heavy (non-hydrogen) atoms. The van der Waals surface area contributed by atoms with Crippen LogP contribution in [0.3, 0.4) is 0 Å². The summed E-state index contributed by atoms with van der Waals surface area (Å²) < 4.78 is 0.